The number of hydrogen-bond donors (Lipinski definition) is 1. The molecule has 2 heterocycles. The maximum Gasteiger partial charge on any atom is 0.210 e. The van der Waals surface area contributed by atoms with Crippen molar-refractivity contribution in [3.8, 4) is 11.4 Å². The van der Waals surface area contributed by atoms with Crippen molar-refractivity contribution in [3.05, 3.63) is 45.8 Å². The summed E-state index contributed by atoms with van der Waals surface area (Å²) in [5.41, 5.74) is 1.45. The summed E-state index contributed by atoms with van der Waals surface area (Å²) < 4.78 is 6.40. The zero-order valence-corrected chi connectivity index (χ0v) is 13.8. The van der Waals surface area contributed by atoms with Gasteiger partial charge in [0.05, 0.1) is 10.7 Å². The van der Waals surface area contributed by atoms with Crippen LogP contribution in [0.25, 0.3) is 11.4 Å². The molecule has 0 unspecified atom stereocenters. The molecule has 2 aromatic heterocycles. The number of nitrogen functional groups attached to an aromatic ring is 1. The topological polar surface area (TPSA) is 82.8 Å². The van der Waals surface area contributed by atoms with Gasteiger partial charge in [-0.25, -0.2) is 4.68 Å². The van der Waals surface area contributed by atoms with Gasteiger partial charge in [-0.05, 0) is 25.1 Å². The lowest BCUT2D eigenvalue weighted by atomic mass is 10.2. The van der Waals surface area contributed by atoms with E-state index in [4.69, 9.17) is 33.6 Å². The fourth-order valence-corrected chi connectivity index (χ4v) is 2.96. The van der Waals surface area contributed by atoms with Crippen molar-refractivity contribution in [1.82, 2.24) is 20.0 Å². The Labute approximate surface area is 140 Å². The molecule has 2 N–H and O–H groups in total. The molecule has 0 amide bonds. The molecule has 3 aromatic rings. The highest BCUT2D eigenvalue weighted by Crippen LogP contribution is 2.30. The minimum atomic E-state index is 0.450. The third-order valence-electron chi connectivity index (χ3n) is 2.86. The summed E-state index contributed by atoms with van der Waals surface area (Å²) in [7, 11) is 0. The van der Waals surface area contributed by atoms with Crippen molar-refractivity contribution in [2.75, 3.05) is 5.84 Å². The lowest BCUT2D eigenvalue weighted by Gasteiger charge is -2.05. The zero-order valence-electron chi connectivity index (χ0n) is 11.5. The second-order valence-electron chi connectivity index (χ2n) is 4.52. The molecule has 0 fully saturated rings. The number of nitrogens with two attached hydrogens (primary N) is 1. The molecule has 114 valence electrons. The highest BCUT2D eigenvalue weighted by molar-refractivity contribution is 7.98. The van der Waals surface area contributed by atoms with Crippen LogP contribution in [-0.4, -0.2) is 20.0 Å². The van der Waals surface area contributed by atoms with Crippen LogP contribution in [0.2, 0.25) is 10.0 Å². The maximum atomic E-state index is 6.16. The van der Waals surface area contributed by atoms with E-state index in [1.54, 1.807) is 18.2 Å². The van der Waals surface area contributed by atoms with Gasteiger partial charge in [0.1, 0.15) is 5.76 Å². The summed E-state index contributed by atoms with van der Waals surface area (Å²) >= 11 is 13.6. The van der Waals surface area contributed by atoms with E-state index in [0.717, 1.165) is 11.5 Å². The number of thioether (sulfide) groups is 1. The van der Waals surface area contributed by atoms with Crippen molar-refractivity contribution < 1.29 is 4.52 Å². The second-order valence-corrected chi connectivity index (χ2v) is 6.30. The minimum Gasteiger partial charge on any atom is -0.361 e. The Morgan fingerprint density at radius 1 is 1.27 bits per heavy atom. The number of nitrogens with zero attached hydrogens (tertiary/aromatic N) is 4. The quantitative estimate of drug-likeness (QED) is 0.569. The third kappa shape index (κ3) is 3.06. The van der Waals surface area contributed by atoms with Gasteiger partial charge in [0.15, 0.2) is 5.82 Å². The molecule has 22 heavy (non-hydrogen) atoms. The van der Waals surface area contributed by atoms with Crippen LogP contribution in [0.1, 0.15) is 11.5 Å². The standard InChI is InChI=1S/C13H11Cl2N5OS/c1-7-4-9(19-21-7)6-22-13-18-17-12(20(13)16)10-5-8(14)2-3-11(10)15/h2-5H,6,16H2,1H3. The van der Waals surface area contributed by atoms with Crippen LogP contribution in [0.5, 0.6) is 0 Å². The third-order valence-corrected chi connectivity index (χ3v) is 4.40. The molecule has 0 spiro atoms. The SMILES string of the molecule is Cc1cc(CSc2nnc(-c3cc(Cl)ccc3Cl)n2N)no1. The monoisotopic (exact) mass is 355 g/mol. The van der Waals surface area contributed by atoms with Gasteiger partial charge in [-0.3, -0.25) is 0 Å². The van der Waals surface area contributed by atoms with Gasteiger partial charge in [0.25, 0.3) is 0 Å². The Morgan fingerprint density at radius 2 is 2.09 bits per heavy atom. The molecule has 0 atom stereocenters. The smallest absolute Gasteiger partial charge is 0.210 e. The Hall–Kier alpha value is -1.70. The molecular formula is C13H11Cl2N5OS. The first kappa shape index (κ1) is 15.2. The van der Waals surface area contributed by atoms with Crippen LogP contribution < -0.4 is 5.84 Å². The van der Waals surface area contributed by atoms with Gasteiger partial charge < -0.3 is 10.4 Å². The van der Waals surface area contributed by atoms with Crippen molar-refractivity contribution in [3.63, 3.8) is 0 Å². The van der Waals surface area contributed by atoms with E-state index in [1.807, 2.05) is 13.0 Å². The Morgan fingerprint density at radius 3 is 2.82 bits per heavy atom. The van der Waals surface area contributed by atoms with Crippen LogP contribution in [0.15, 0.2) is 33.9 Å². The minimum absolute atomic E-state index is 0.450. The lowest BCUT2D eigenvalue weighted by Crippen LogP contribution is -2.11. The fraction of sp³-hybridized carbons (Fsp3) is 0.154. The molecule has 6 nitrogen and oxygen atoms in total. The summed E-state index contributed by atoms with van der Waals surface area (Å²) in [4.78, 5) is 0. The van der Waals surface area contributed by atoms with Crippen LogP contribution >= 0.6 is 35.0 Å². The van der Waals surface area contributed by atoms with Crippen molar-refractivity contribution >= 4 is 35.0 Å². The predicted molar refractivity (Wildman–Crippen MR) is 86.4 cm³/mol. The molecular weight excluding hydrogens is 345 g/mol. The summed E-state index contributed by atoms with van der Waals surface area (Å²) in [5, 5.41) is 13.7. The van der Waals surface area contributed by atoms with Crippen LogP contribution in [0.4, 0.5) is 0 Å². The normalized spacial score (nSPS) is 11.0. The number of halogens is 2. The first-order chi connectivity index (χ1) is 10.5. The molecule has 0 aliphatic rings. The number of aryl methyl sites for hydroxylation is 1. The van der Waals surface area contributed by atoms with Gasteiger partial charge in [0, 0.05) is 22.4 Å². The Bertz CT molecular complexity index is 817. The van der Waals surface area contributed by atoms with Crippen LogP contribution in [-0.2, 0) is 5.75 Å². The summed E-state index contributed by atoms with van der Waals surface area (Å²) in [6, 6.07) is 6.96. The highest BCUT2D eigenvalue weighted by atomic mass is 35.5. The predicted octanol–water partition coefficient (Wildman–Crippen LogP) is 3.55. The first-order valence-corrected chi connectivity index (χ1v) is 7.99. The summed E-state index contributed by atoms with van der Waals surface area (Å²) in [6.07, 6.45) is 0. The van der Waals surface area contributed by atoms with Crippen molar-refractivity contribution in [2.45, 2.75) is 17.8 Å². The number of aromatic nitrogens is 4. The molecule has 9 heteroatoms. The van der Waals surface area contributed by atoms with Gasteiger partial charge in [0.2, 0.25) is 5.16 Å². The molecule has 1 aromatic carbocycles. The van der Waals surface area contributed by atoms with E-state index in [9.17, 15) is 0 Å². The molecule has 0 saturated heterocycles. The molecule has 0 bridgehead atoms. The molecule has 0 aliphatic heterocycles. The van der Waals surface area contributed by atoms with Gasteiger partial charge >= 0.3 is 0 Å². The molecule has 0 saturated carbocycles. The fourth-order valence-electron chi connectivity index (χ4n) is 1.85. The van der Waals surface area contributed by atoms with E-state index in [-0.39, 0.29) is 0 Å². The average molecular weight is 356 g/mol. The maximum absolute atomic E-state index is 6.16. The van der Waals surface area contributed by atoms with Crippen molar-refractivity contribution in [2.24, 2.45) is 0 Å². The Balaban J connectivity index is 1.84. The van der Waals surface area contributed by atoms with Crippen LogP contribution in [0, 0.1) is 6.92 Å². The Kier molecular flexibility index (Phi) is 4.28. The van der Waals surface area contributed by atoms with E-state index in [1.165, 1.54) is 16.4 Å². The number of hydrogen-bond acceptors (Lipinski definition) is 6. The zero-order chi connectivity index (χ0) is 15.7. The number of benzene rings is 1. The van der Waals surface area contributed by atoms with Gasteiger partial charge in [-0.15, -0.1) is 10.2 Å². The summed E-state index contributed by atoms with van der Waals surface area (Å²) in [6.45, 7) is 1.84. The van der Waals surface area contributed by atoms with Crippen LogP contribution in [0.3, 0.4) is 0 Å². The lowest BCUT2D eigenvalue weighted by molar-refractivity contribution is 0.393. The number of rotatable bonds is 4. The average Bonchev–Trinajstić information content (AvgIpc) is 3.06. The first-order valence-electron chi connectivity index (χ1n) is 6.25. The molecule has 3 rings (SSSR count). The van der Waals surface area contributed by atoms with Gasteiger partial charge in [-0.1, -0.05) is 40.1 Å². The van der Waals surface area contributed by atoms with Gasteiger partial charge in [-0.2, -0.15) is 0 Å². The highest BCUT2D eigenvalue weighted by Gasteiger charge is 2.16. The van der Waals surface area contributed by atoms with E-state index in [2.05, 4.69) is 15.4 Å². The van der Waals surface area contributed by atoms with E-state index < -0.39 is 0 Å². The van der Waals surface area contributed by atoms with Crippen molar-refractivity contribution in [1.29, 1.82) is 0 Å². The van der Waals surface area contributed by atoms with E-state index in [0.29, 0.717) is 32.3 Å². The molecule has 0 radical (unpaired) electrons. The largest absolute Gasteiger partial charge is 0.361 e. The van der Waals surface area contributed by atoms with E-state index >= 15 is 0 Å². The molecule has 0 aliphatic carbocycles. The second kappa shape index (κ2) is 6.20. The summed E-state index contributed by atoms with van der Waals surface area (Å²) in [5.74, 6) is 7.84.